The van der Waals surface area contributed by atoms with Crippen molar-refractivity contribution in [2.75, 3.05) is 6.54 Å². The van der Waals surface area contributed by atoms with Crippen LogP contribution in [-0.4, -0.2) is 6.54 Å². The molecule has 1 fully saturated rings. The lowest BCUT2D eigenvalue weighted by Gasteiger charge is -2.35. The number of rotatable bonds is 2. The number of para-hydroxylation sites is 1. The number of nitrogens with one attached hydrogen (secondary N) is 1. The van der Waals surface area contributed by atoms with Crippen LogP contribution in [-0.2, 0) is 5.54 Å². The average Bonchev–Trinajstić information content (AvgIpc) is 2.68. The summed E-state index contributed by atoms with van der Waals surface area (Å²) in [6, 6.07) is 10.5. The van der Waals surface area contributed by atoms with Gasteiger partial charge in [0.1, 0.15) is 11.3 Å². The third kappa shape index (κ3) is 2.18. The van der Waals surface area contributed by atoms with Crippen LogP contribution in [0.1, 0.15) is 45.3 Å². The summed E-state index contributed by atoms with van der Waals surface area (Å²) in [7, 11) is 0. The molecule has 1 aliphatic rings. The highest BCUT2D eigenvalue weighted by Crippen LogP contribution is 2.39. The Balaban J connectivity index is 2.07. The Labute approximate surface area is 115 Å². The molecule has 2 nitrogen and oxygen atoms in total. The molecule has 2 heteroatoms. The fraction of sp³-hybridized carbons (Fsp3) is 0.529. The second-order valence-electron chi connectivity index (χ2n) is 6.01. The Morgan fingerprint density at radius 1 is 1.16 bits per heavy atom. The fourth-order valence-corrected chi connectivity index (χ4v) is 3.29. The minimum atomic E-state index is 0.00944. The van der Waals surface area contributed by atoms with E-state index in [9.17, 15) is 0 Å². The van der Waals surface area contributed by atoms with Gasteiger partial charge in [-0.1, -0.05) is 44.9 Å². The third-order valence-electron chi connectivity index (χ3n) is 4.54. The molecular weight excluding hydrogens is 234 g/mol. The zero-order chi connectivity index (χ0) is 13.3. The van der Waals surface area contributed by atoms with E-state index in [1.807, 2.05) is 6.07 Å². The van der Waals surface area contributed by atoms with Crippen molar-refractivity contribution in [3.63, 3.8) is 0 Å². The summed E-state index contributed by atoms with van der Waals surface area (Å²) < 4.78 is 6.17. The number of hydrogen-bond acceptors (Lipinski definition) is 2. The highest BCUT2D eigenvalue weighted by molar-refractivity contribution is 5.78. The summed E-state index contributed by atoms with van der Waals surface area (Å²) in [6.45, 7) is 5.69. The van der Waals surface area contributed by atoms with Gasteiger partial charge >= 0.3 is 0 Å². The standard InChI is InChI=1S/C17H23NO/c1-13(2)17(10-6-3-7-11-18-17)16-12-14-8-4-5-9-15(14)19-16/h4-5,8-9,12-13,18H,3,6-7,10-11H2,1-2H3. The molecule has 1 aromatic heterocycles. The Kier molecular flexibility index (Phi) is 3.36. The second kappa shape index (κ2) is 5.01. The largest absolute Gasteiger partial charge is 0.459 e. The monoisotopic (exact) mass is 257 g/mol. The first-order valence-corrected chi connectivity index (χ1v) is 7.46. The summed E-state index contributed by atoms with van der Waals surface area (Å²) in [5.41, 5.74) is 1.01. The molecule has 0 bridgehead atoms. The van der Waals surface area contributed by atoms with Crippen LogP contribution in [0, 0.1) is 5.92 Å². The molecule has 19 heavy (non-hydrogen) atoms. The minimum Gasteiger partial charge on any atom is -0.459 e. The second-order valence-corrected chi connectivity index (χ2v) is 6.01. The van der Waals surface area contributed by atoms with Gasteiger partial charge in [-0.15, -0.1) is 0 Å². The molecule has 2 heterocycles. The first-order valence-electron chi connectivity index (χ1n) is 7.46. The van der Waals surface area contributed by atoms with Crippen LogP contribution in [0.3, 0.4) is 0 Å². The van der Waals surface area contributed by atoms with E-state index in [-0.39, 0.29) is 5.54 Å². The van der Waals surface area contributed by atoms with Crippen LogP contribution in [0.15, 0.2) is 34.7 Å². The Morgan fingerprint density at radius 2 is 2.00 bits per heavy atom. The molecule has 0 spiro atoms. The zero-order valence-corrected chi connectivity index (χ0v) is 11.9. The van der Waals surface area contributed by atoms with Crippen molar-refractivity contribution >= 4 is 11.0 Å². The maximum atomic E-state index is 6.17. The van der Waals surface area contributed by atoms with Crippen LogP contribution in [0.5, 0.6) is 0 Å². The lowest BCUT2D eigenvalue weighted by atomic mass is 9.80. The van der Waals surface area contributed by atoms with Gasteiger partial charge < -0.3 is 9.73 Å². The number of furan rings is 1. The van der Waals surface area contributed by atoms with Gasteiger partial charge in [0.25, 0.3) is 0 Å². The van der Waals surface area contributed by atoms with Crippen molar-refractivity contribution in [1.29, 1.82) is 0 Å². The molecule has 1 aromatic carbocycles. The first-order chi connectivity index (χ1) is 9.22. The predicted octanol–water partition coefficient (Wildman–Crippen LogP) is 4.45. The predicted molar refractivity (Wildman–Crippen MR) is 79.2 cm³/mol. The molecule has 1 aliphatic heterocycles. The number of benzene rings is 1. The fourth-order valence-electron chi connectivity index (χ4n) is 3.29. The summed E-state index contributed by atoms with van der Waals surface area (Å²) in [4.78, 5) is 0. The van der Waals surface area contributed by atoms with Gasteiger partial charge in [-0.25, -0.2) is 0 Å². The van der Waals surface area contributed by atoms with E-state index in [0.717, 1.165) is 17.9 Å². The topological polar surface area (TPSA) is 25.2 Å². The molecule has 3 rings (SSSR count). The molecule has 2 aromatic rings. The highest BCUT2D eigenvalue weighted by atomic mass is 16.3. The zero-order valence-electron chi connectivity index (χ0n) is 11.9. The maximum absolute atomic E-state index is 6.17. The van der Waals surface area contributed by atoms with E-state index in [2.05, 4.69) is 43.4 Å². The first kappa shape index (κ1) is 12.7. The van der Waals surface area contributed by atoms with Gasteiger partial charge in [-0.2, -0.15) is 0 Å². The molecule has 1 atom stereocenters. The molecule has 0 radical (unpaired) electrons. The van der Waals surface area contributed by atoms with E-state index in [1.54, 1.807) is 0 Å². The van der Waals surface area contributed by atoms with E-state index >= 15 is 0 Å². The van der Waals surface area contributed by atoms with Gasteiger partial charge in [-0.3, -0.25) is 0 Å². The van der Waals surface area contributed by atoms with Crippen LogP contribution in [0.25, 0.3) is 11.0 Å². The van der Waals surface area contributed by atoms with Crippen molar-refractivity contribution in [1.82, 2.24) is 5.32 Å². The lowest BCUT2D eigenvalue weighted by molar-refractivity contribution is 0.192. The van der Waals surface area contributed by atoms with E-state index in [0.29, 0.717) is 5.92 Å². The van der Waals surface area contributed by atoms with Crippen molar-refractivity contribution in [3.8, 4) is 0 Å². The minimum absolute atomic E-state index is 0.00944. The molecule has 0 saturated carbocycles. The van der Waals surface area contributed by atoms with Gasteiger partial charge in [0.05, 0.1) is 5.54 Å². The van der Waals surface area contributed by atoms with E-state index < -0.39 is 0 Å². The molecule has 1 saturated heterocycles. The van der Waals surface area contributed by atoms with Crippen molar-refractivity contribution in [2.45, 2.75) is 45.1 Å². The third-order valence-corrected chi connectivity index (χ3v) is 4.54. The quantitative estimate of drug-likeness (QED) is 0.860. The average molecular weight is 257 g/mol. The van der Waals surface area contributed by atoms with Gasteiger partial charge in [-0.05, 0) is 37.4 Å². The van der Waals surface area contributed by atoms with Crippen LogP contribution >= 0.6 is 0 Å². The molecule has 0 aliphatic carbocycles. The van der Waals surface area contributed by atoms with Gasteiger partial charge in [0, 0.05) is 5.39 Å². The summed E-state index contributed by atoms with van der Waals surface area (Å²) in [6.07, 6.45) is 5.04. The van der Waals surface area contributed by atoms with E-state index in [1.165, 1.54) is 31.1 Å². The van der Waals surface area contributed by atoms with Crippen molar-refractivity contribution in [3.05, 3.63) is 36.1 Å². The Bertz CT molecular complexity index is 514. The summed E-state index contributed by atoms with van der Waals surface area (Å²) in [5, 5.41) is 4.99. The maximum Gasteiger partial charge on any atom is 0.134 e. The lowest BCUT2D eigenvalue weighted by Crippen LogP contribution is -2.46. The normalized spacial score (nSPS) is 24.8. The molecule has 0 amide bonds. The Hall–Kier alpha value is -1.28. The van der Waals surface area contributed by atoms with Crippen molar-refractivity contribution in [2.24, 2.45) is 5.92 Å². The smallest absolute Gasteiger partial charge is 0.134 e. The number of fused-ring (bicyclic) bond motifs is 1. The van der Waals surface area contributed by atoms with Crippen LogP contribution in [0.4, 0.5) is 0 Å². The SMILES string of the molecule is CC(C)C1(c2cc3ccccc3o2)CCCCCN1. The van der Waals surface area contributed by atoms with E-state index in [4.69, 9.17) is 4.42 Å². The molecular formula is C17H23NO. The van der Waals surface area contributed by atoms with Gasteiger partial charge in [0.15, 0.2) is 0 Å². The van der Waals surface area contributed by atoms with Crippen molar-refractivity contribution < 1.29 is 4.42 Å². The number of hydrogen-bond donors (Lipinski definition) is 1. The molecule has 102 valence electrons. The van der Waals surface area contributed by atoms with Crippen LogP contribution < -0.4 is 5.32 Å². The highest BCUT2D eigenvalue weighted by Gasteiger charge is 2.38. The van der Waals surface area contributed by atoms with Crippen LogP contribution in [0.2, 0.25) is 0 Å². The van der Waals surface area contributed by atoms with Gasteiger partial charge in [0.2, 0.25) is 0 Å². The Morgan fingerprint density at radius 3 is 2.79 bits per heavy atom. The molecule has 1 N–H and O–H groups in total. The summed E-state index contributed by atoms with van der Waals surface area (Å²) >= 11 is 0. The summed E-state index contributed by atoms with van der Waals surface area (Å²) in [5.74, 6) is 1.65. The molecule has 1 unspecified atom stereocenters.